The smallest absolute Gasteiger partial charge is 0.266 e. The van der Waals surface area contributed by atoms with Crippen molar-refractivity contribution in [1.29, 1.82) is 5.26 Å². The minimum Gasteiger partial charge on any atom is -0.321 e. The van der Waals surface area contributed by atoms with Gasteiger partial charge >= 0.3 is 0 Å². The van der Waals surface area contributed by atoms with Gasteiger partial charge in [0.1, 0.15) is 11.6 Å². The molecule has 6 heteroatoms. The van der Waals surface area contributed by atoms with Crippen molar-refractivity contribution in [3.05, 3.63) is 67.2 Å². The fraction of sp³-hybridized carbons (Fsp3) is 0. The van der Waals surface area contributed by atoms with Crippen LogP contribution in [0, 0.1) is 14.9 Å². The number of amides is 1. The fourth-order valence-corrected chi connectivity index (χ4v) is 2.30. The molecule has 0 aromatic heterocycles. The van der Waals surface area contributed by atoms with Gasteiger partial charge in [-0.25, -0.2) is 0 Å². The molecule has 0 aliphatic rings. The zero-order valence-corrected chi connectivity index (χ0v) is 14.8. The van der Waals surface area contributed by atoms with E-state index in [2.05, 4.69) is 27.9 Å². The molecular weight excluding hydrogens is 434 g/mol. The predicted octanol–water partition coefficient (Wildman–Crippen LogP) is 5.14. The highest BCUT2D eigenvalue weighted by Crippen LogP contribution is 2.25. The largest absolute Gasteiger partial charge is 0.321 e. The van der Waals surface area contributed by atoms with Crippen LogP contribution in [0.15, 0.2) is 48.0 Å². The molecule has 0 spiro atoms. The van der Waals surface area contributed by atoms with Crippen LogP contribution in [0.5, 0.6) is 0 Å². The molecule has 0 radical (unpaired) electrons. The first-order valence-electron chi connectivity index (χ1n) is 6.13. The lowest BCUT2D eigenvalue weighted by Gasteiger charge is -2.05. The number of hydrogen-bond donors (Lipinski definition) is 1. The molecule has 0 aliphatic heterocycles. The van der Waals surface area contributed by atoms with E-state index in [1.54, 1.807) is 12.1 Å². The highest BCUT2D eigenvalue weighted by atomic mass is 127. The molecule has 0 saturated carbocycles. The quantitative estimate of drug-likeness (QED) is 0.406. The number of rotatable bonds is 3. The van der Waals surface area contributed by atoms with Gasteiger partial charge in [0.2, 0.25) is 0 Å². The van der Waals surface area contributed by atoms with E-state index in [4.69, 9.17) is 28.5 Å². The van der Waals surface area contributed by atoms with Gasteiger partial charge in [0.05, 0.1) is 10.0 Å². The highest BCUT2D eigenvalue weighted by Gasteiger charge is 2.10. The molecule has 0 fully saturated rings. The molecule has 0 saturated heterocycles. The standard InChI is InChI=1S/C16H9Cl2IN2O/c17-14-6-5-13(8-15(14)18)21-16(22)11(9-20)7-10-1-3-12(19)4-2-10/h1-8H,(H,21,22)/b11-7+. The Morgan fingerprint density at radius 2 is 1.82 bits per heavy atom. The van der Waals surface area contributed by atoms with E-state index >= 15 is 0 Å². The number of nitrogens with one attached hydrogen (secondary N) is 1. The summed E-state index contributed by atoms with van der Waals surface area (Å²) in [6.07, 6.45) is 1.53. The van der Waals surface area contributed by atoms with Gasteiger partial charge in [-0.05, 0) is 64.6 Å². The van der Waals surface area contributed by atoms with Crippen LogP contribution in [0.25, 0.3) is 6.08 Å². The van der Waals surface area contributed by atoms with Crippen LogP contribution >= 0.6 is 45.8 Å². The summed E-state index contributed by atoms with van der Waals surface area (Å²) < 4.78 is 1.08. The fourth-order valence-electron chi connectivity index (χ4n) is 1.65. The van der Waals surface area contributed by atoms with E-state index in [-0.39, 0.29) is 5.57 Å². The average Bonchev–Trinajstić information content (AvgIpc) is 2.50. The summed E-state index contributed by atoms with van der Waals surface area (Å²) >= 11 is 13.9. The van der Waals surface area contributed by atoms with E-state index in [0.717, 1.165) is 9.13 Å². The lowest BCUT2D eigenvalue weighted by atomic mass is 10.1. The number of anilines is 1. The number of carbonyl (C=O) groups is 1. The number of carbonyl (C=O) groups excluding carboxylic acids is 1. The van der Waals surface area contributed by atoms with Crippen LogP contribution in [-0.4, -0.2) is 5.91 Å². The van der Waals surface area contributed by atoms with Crippen LogP contribution in [-0.2, 0) is 4.79 Å². The Morgan fingerprint density at radius 1 is 1.14 bits per heavy atom. The van der Waals surface area contributed by atoms with Gasteiger partial charge in [0.15, 0.2) is 0 Å². The highest BCUT2D eigenvalue weighted by molar-refractivity contribution is 14.1. The van der Waals surface area contributed by atoms with Crippen molar-refractivity contribution >= 4 is 63.5 Å². The normalized spacial score (nSPS) is 10.9. The Balaban J connectivity index is 2.20. The molecule has 2 aromatic rings. The average molecular weight is 443 g/mol. The first kappa shape index (κ1) is 16.8. The molecule has 0 bridgehead atoms. The van der Waals surface area contributed by atoms with Gasteiger partial charge < -0.3 is 5.32 Å². The van der Waals surface area contributed by atoms with Gasteiger partial charge in [-0.2, -0.15) is 5.26 Å². The van der Waals surface area contributed by atoms with Gasteiger partial charge in [-0.1, -0.05) is 35.3 Å². The van der Waals surface area contributed by atoms with Crippen LogP contribution < -0.4 is 5.32 Å². The maximum Gasteiger partial charge on any atom is 0.266 e. The topological polar surface area (TPSA) is 52.9 Å². The molecular formula is C16H9Cl2IN2O. The SMILES string of the molecule is N#C/C(=C\c1ccc(I)cc1)C(=O)Nc1ccc(Cl)c(Cl)c1. The van der Waals surface area contributed by atoms with Crippen molar-refractivity contribution in [3.63, 3.8) is 0 Å². The molecule has 110 valence electrons. The monoisotopic (exact) mass is 442 g/mol. The molecule has 22 heavy (non-hydrogen) atoms. The summed E-state index contributed by atoms with van der Waals surface area (Å²) in [6, 6.07) is 14.1. The maximum absolute atomic E-state index is 12.1. The van der Waals surface area contributed by atoms with Crippen molar-refractivity contribution in [2.75, 3.05) is 5.32 Å². The van der Waals surface area contributed by atoms with Gasteiger partial charge in [0, 0.05) is 9.26 Å². The summed E-state index contributed by atoms with van der Waals surface area (Å²) in [4.78, 5) is 12.1. The minimum absolute atomic E-state index is 0.00674. The Labute approximate surface area is 151 Å². The van der Waals surface area contributed by atoms with Crippen LogP contribution in [0.3, 0.4) is 0 Å². The van der Waals surface area contributed by atoms with Crippen molar-refractivity contribution in [2.24, 2.45) is 0 Å². The second-order valence-corrected chi connectivity index (χ2v) is 6.36. The van der Waals surface area contributed by atoms with Gasteiger partial charge in [0.25, 0.3) is 5.91 Å². The summed E-state index contributed by atoms with van der Waals surface area (Å²) in [6.45, 7) is 0. The molecule has 0 aliphatic carbocycles. The molecule has 1 amide bonds. The predicted molar refractivity (Wildman–Crippen MR) is 97.8 cm³/mol. The first-order valence-corrected chi connectivity index (χ1v) is 7.97. The van der Waals surface area contributed by atoms with E-state index in [9.17, 15) is 4.79 Å². The zero-order chi connectivity index (χ0) is 16.1. The molecule has 0 atom stereocenters. The third kappa shape index (κ3) is 4.47. The third-order valence-electron chi connectivity index (χ3n) is 2.72. The van der Waals surface area contributed by atoms with Crippen molar-refractivity contribution < 1.29 is 4.79 Å². The Morgan fingerprint density at radius 3 is 2.41 bits per heavy atom. The summed E-state index contributed by atoms with van der Waals surface area (Å²) in [5, 5.41) is 12.5. The minimum atomic E-state index is -0.501. The van der Waals surface area contributed by atoms with Crippen LogP contribution in [0.4, 0.5) is 5.69 Å². The van der Waals surface area contributed by atoms with E-state index < -0.39 is 5.91 Å². The van der Waals surface area contributed by atoms with E-state index in [1.165, 1.54) is 12.1 Å². The Hall–Kier alpha value is -1.55. The summed E-state index contributed by atoms with van der Waals surface area (Å²) in [5.41, 5.74) is 1.26. The molecule has 1 N–H and O–H groups in total. The summed E-state index contributed by atoms with van der Waals surface area (Å²) in [5.74, 6) is -0.501. The van der Waals surface area contributed by atoms with E-state index in [1.807, 2.05) is 30.3 Å². The molecule has 3 nitrogen and oxygen atoms in total. The van der Waals surface area contributed by atoms with E-state index in [0.29, 0.717) is 15.7 Å². The molecule has 2 rings (SSSR count). The molecule has 2 aromatic carbocycles. The van der Waals surface area contributed by atoms with Crippen molar-refractivity contribution in [2.45, 2.75) is 0 Å². The number of halogens is 3. The zero-order valence-electron chi connectivity index (χ0n) is 11.1. The third-order valence-corrected chi connectivity index (χ3v) is 4.18. The summed E-state index contributed by atoms with van der Waals surface area (Å²) in [7, 11) is 0. The Kier molecular flexibility index (Phi) is 5.83. The second-order valence-electron chi connectivity index (χ2n) is 4.30. The van der Waals surface area contributed by atoms with Crippen molar-refractivity contribution in [3.8, 4) is 6.07 Å². The number of nitrogens with zero attached hydrogens (tertiary/aromatic N) is 1. The molecule has 0 unspecified atom stereocenters. The van der Waals surface area contributed by atoms with Crippen LogP contribution in [0.1, 0.15) is 5.56 Å². The lowest BCUT2D eigenvalue weighted by Crippen LogP contribution is -2.13. The van der Waals surface area contributed by atoms with Gasteiger partial charge in [-0.3, -0.25) is 4.79 Å². The molecule has 0 heterocycles. The number of benzene rings is 2. The van der Waals surface area contributed by atoms with Crippen molar-refractivity contribution in [1.82, 2.24) is 0 Å². The second kappa shape index (κ2) is 7.63. The maximum atomic E-state index is 12.1. The lowest BCUT2D eigenvalue weighted by molar-refractivity contribution is -0.112. The van der Waals surface area contributed by atoms with Crippen LogP contribution in [0.2, 0.25) is 10.0 Å². The van der Waals surface area contributed by atoms with Gasteiger partial charge in [-0.15, -0.1) is 0 Å². The Bertz CT molecular complexity index is 780. The number of nitriles is 1. The number of hydrogen-bond acceptors (Lipinski definition) is 2. The first-order chi connectivity index (χ1) is 10.5.